The lowest BCUT2D eigenvalue weighted by Crippen LogP contribution is -2.39. The summed E-state index contributed by atoms with van der Waals surface area (Å²) in [7, 11) is 2.99. The Labute approximate surface area is 102 Å². The molecule has 0 rings (SSSR count). The molecule has 0 radical (unpaired) electrons. The summed E-state index contributed by atoms with van der Waals surface area (Å²) in [6, 6.07) is -0.421. The fourth-order valence-electron chi connectivity index (χ4n) is 1.16. The number of nitrogens with one attached hydrogen (secondary N) is 2. The van der Waals surface area contributed by atoms with Crippen LogP contribution in [0.4, 0.5) is 4.79 Å². The number of carbonyl (C=O) groups excluding carboxylic acids is 2. The standard InChI is InChI=1S/C11H22N2O4/c1-11(2,3)17-10(15)13-7-6-8(12-4)9(14)16-5/h8,12H,6-7H2,1-5H3,(H,13,15). The van der Waals surface area contributed by atoms with Crippen LogP contribution in [0.1, 0.15) is 27.2 Å². The number of rotatable bonds is 5. The molecule has 0 bridgehead atoms. The molecule has 0 aromatic carbocycles. The van der Waals surface area contributed by atoms with Gasteiger partial charge in [-0.05, 0) is 34.2 Å². The predicted molar refractivity (Wildman–Crippen MR) is 63.7 cm³/mol. The van der Waals surface area contributed by atoms with Crippen molar-refractivity contribution >= 4 is 12.1 Å². The minimum atomic E-state index is -0.519. The lowest BCUT2D eigenvalue weighted by atomic mass is 10.2. The van der Waals surface area contributed by atoms with E-state index in [-0.39, 0.29) is 5.97 Å². The van der Waals surface area contributed by atoms with Crippen LogP contribution in [0.5, 0.6) is 0 Å². The molecular formula is C11H22N2O4. The molecular weight excluding hydrogens is 224 g/mol. The first-order chi connectivity index (χ1) is 7.80. The summed E-state index contributed by atoms with van der Waals surface area (Å²) < 4.78 is 9.65. The van der Waals surface area contributed by atoms with Crippen molar-refractivity contribution in [3.8, 4) is 0 Å². The molecule has 0 fully saturated rings. The number of methoxy groups -OCH3 is 1. The molecule has 0 aliphatic heterocycles. The van der Waals surface area contributed by atoms with Gasteiger partial charge in [-0.3, -0.25) is 4.79 Å². The zero-order valence-electron chi connectivity index (χ0n) is 11.1. The number of hydrogen-bond donors (Lipinski definition) is 2. The van der Waals surface area contributed by atoms with Gasteiger partial charge in [0.1, 0.15) is 11.6 Å². The number of hydrogen-bond acceptors (Lipinski definition) is 5. The second-order valence-electron chi connectivity index (χ2n) is 4.58. The highest BCUT2D eigenvalue weighted by atomic mass is 16.6. The number of amides is 1. The van der Waals surface area contributed by atoms with E-state index in [9.17, 15) is 9.59 Å². The molecule has 0 heterocycles. The van der Waals surface area contributed by atoms with Crippen molar-refractivity contribution in [2.75, 3.05) is 20.7 Å². The molecule has 1 atom stereocenters. The highest BCUT2D eigenvalue weighted by Gasteiger charge is 2.18. The zero-order chi connectivity index (χ0) is 13.5. The molecule has 0 aliphatic rings. The molecule has 0 aromatic heterocycles. The summed E-state index contributed by atoms with van der Waals surface area (Å²) in [6.45, 7) is 5.71. The van der Waals surface area contributed by atoms with E-state index in [0.29, 0.717) is 13.0 Å². The Morgan fingerprint density at radius 3 is 2.29 bits per heavy atom. The van der Waals surface area contributed by atoms with Crippen LogP contribution >= 0.6 is 0 Å². The molecule has 17 heavy (non-hydrogen) atoms. The average molecular weight is 246 g/mol. The van der Waals surface area contributed by atoms with E-state index in [1.807, 2.05) is 0 Å². The monoisotopic (exact) mass is 246 g/mol. The highest BCUT2D eigenvalue weighted by molar-refractivity contribution is 5.75. The molecule has 6 nitrogen and oxygen atoms in total. The van der Waals surface area contributed by atoms with Gasteiger partial charge >= 0.3 is 12.1 Å². The first-order valence-electron chi connectivity index (χ1n) is 5.52. The van der Waals surface area contributed by atoms with Crippen molar-refractivity contribution < 1.29 is 19.1 Å². The Bertz CT molecular complexity index is 261. The number of likely N-dealkylation sites (N-methyl/N-ethyl adjacent to an activating group) is 1. The summed E-state index contributed by atoms with van der Waals surface area (Å²) in [5.41, 5.74) is -0.519. The van der Waals surface area contributed by atoms with Gasteiger partial charge in [0.2, 0.25) is 0 Å². The molecule has 0 aliphatic carbocycles. The van der Waals surface area contributed by atoms with Crippen LogP contribution in [0.15, 0.2) is 0 Å². The maximum atomic E-state index is 11.3. The van der Waals surface area contributed by atoms with Gasteiger partial charge in [0.15, 0.2) is 0 Å². The fraction of sp³-hybridized carbons (Fsp3) is 0.818. The molecule has 1 unspecified atom stereocenters. The van der Waals surface area contributed by atoms with E-state index in [4.69, 9.17) is 4.74 Å². The van der Waals surface area contributed by atoms with E-state index in [0.717, 1.165) is 0 Å². The van der Waals surface area contributed by atoms with Crippen molar-refractivity contribution in [1.29, 1.82) is 0 Å². The van der Waals surface area contributed by atoms with Crippen molar-refractivity contribution in [2.24, 2.45) is 0 Å². The largest absolute Gasteiger partial charge is 0.468 e. The molecule has 0 saturated heterocycles. The van der Waals surface area contributed by atoms with Crippen molar-refractivity contribution in [3.63, 3.8) is 0 Å². The Hall–Kier alpha value is -1.30. The third kappa shape index (κ3) is 7.57. The second-order valence-corrected chi connectivity index (χ2v) is 4.58. The summed E-state index contributed by atoms with van der Waals surface area (Å²) in [5, 5.41) is 5.38. The van der Waals surface area contributed by atoms with E-state index < -0.39 is 17.7 Å². The summed E-state index contributed by atoms with van der Waals surface area (Å²) in [6.07, 6.45) is -0.0418. The third-order valence-electron chi connectivity index (χ3n) is 1.94. The van der Waals surface area contributed by atoms with E-state index >= 15 is 0 Å². The Morgan fingerprint density at radius 1 is 1.29 bits per heavy atom. The maximum Gasteiger partial charge on any atom is 0.407 e. The van der Waals surface area contributed by atoms with Crippen LogP contribution in [-0.2, 0) is 14.3 Å². The number of esters is 1. The van der Waals surface area contributed by atoms with Gasteiger partial charge in [0.05, 0.1) is 7.11 Å². The number of carbonyl (C=O) groups is 2. The molecule has 0 aromatic rings. The minimum absolute atomic E-state index is 0.343. The zero-order valence-corrected chi connectivity index (χ0v) is 11.1. The van der Waals surface area contributed by atoms with Gasteiger partial charge < -0.3 is 20.1 Å². The molecule has 100 valence electrons. The van der Waals surface area contributed by atoms with E-state index in [1.54, 1.807) is 27.8 Å². The topological polar surface area (TPSA) is 76.7 Å². The maximum absolute atomic E-state index is 11.3. The smallest absolute Gasteiger partial charge is 0.407 e. The molecule has 1 amide bonds. The quantitative estimate of drug-likeness (QED) is 0.697. The van der Waals surface area contributed by atoms with Crippen molar-refractivity contribution in [3.05, 3.63) is 0 Å². The van der Waals surface area contributed by atoms with Gasteiger partial charge in [-0.25, -0.2) is 4.79 Å². The lowest BCUT2D eigenvalue weighted by molar-refractivity contribution is -0.143. The summed E-state index contributed by atoms with van der Waals surface area (Å²) in [4.78, 5) is 22.5. The van der Waals surface area contributed by atoms with Crippen molar-refractivity contribution in [2.45, 2.75) is 38.8 Å². The van der Waals surface area contributed by atoms with Gasteiger partial charge in [-0.15, -0.1) is 0 Å². The molecule has 2 N–H and O–H groups in total. The minimum Gasteiger partial charge on any atom is -0.468 e. The van der Waals surface area contributed by atoms with Gasteiger partial charge in [-0.2, -0.15) is 0 Å². The summed E-state index contributed by atoms with van der Waals surface area (Å²) >= 11 is 0. The van der Waals surface area contributed by atoms with Gasteiger partial charge in [-0.1, -0.05) is 0 Å². The van der Waals surface area contributed by atoms with Crippen LogP contribution in [0.25, 0.3) is 0 Å². The Kier molecular flexibility index (Phi) is 6.57. The van der Waals surface area contributed by atoms with E-state index in [1.165, 1.54) is 7.11 Å². The first-order valence-corrected chi connectivity index (χ1v) is 5.52. The highest BCUT2D eigenvalue weighted by Crippen LogP contribution is 2.06. The lowest BCUT2D eigenvalue weighted by Gasteiger charge is -2.20. The third-order valence-corrected chi connectivity index (χ3v) is 1.94. The molecule has 6 heteroatoms. The first kappa shape index (κ1) is 15.7. The SMILES string of the molecule is CNC(CCNC(=O)OC(C)(C)C)C(=O)OC. The predicted octanol–water partition coefficient (Wildman–Crippen LogP) is 0.662. The second kappa shape index (κ2) is 7.11. The van der Waals surface area contributed by atoms with Crippen LogP contribution in [-0.4, -0.2) is 44.4 Å². The van der Waals surface area contributed by atoms with Crippen LogP contribution in [0.2, 0.25) is 0 Å². The van der Waals surface area contributed by atoms with Crippen molar-refractivity contribution in [1.82, 2.24) is 10.6 Å². The van der Waals surface area contributed by atoms with Gasteiger partial charge in [0, 0.05) is 6.54 Å². The number of alkyl carbamates (subject to hydrolysis) is 1. The Morgan fingerprint density at radius 2 is 1.88 bits per heavy atom. The number of ether oxygens (including phenoxy) is 2. The molecule has 0 saturated carbocycles. The van der Waals surface area contributed by atoms with E-state index in [2.05, 4.69) is 15.4 Å². The molecule has 0 spiro atoms. The normalized spacial score (nSPS) is 12.8. The summed E-state index contributed by atoms with van der Waals surface area (Å²) in [5.74, 6) is -0.349. The van der Waals surface area contributed by atoms with Crippen LogP contribution in [0.3, 0.4) is 0 Å². The average Bonchev–Trinajstić information content (AvgIpc) is 2.21. The Balaban J connectivity index is 3.90. The van der Waals surface area contributed by atoms with Crippen LogP contribution in [0, 0.1) is 0 Å². The van der Waals surface area contributed by atoms with Crippen LogP contribution < -0.4 is 10.6 Å². The fourth-order valence-corrected chi connectivity index (χ4v) is 1.16. The van der Waals surface area contributed by atoms with Gasteiger partial charge in [0.25, 0.3) is 0 Å².